The Balaban J connectivity index is 1.59. The lowest BCUT2D eigenvalue weighted by atomic mass is 9.79. The van der Waals surface area contributed by atoms with E-state index in [1.54, 1.807) is 0 Å². The van der Waals surface area contributed by atoms with Gasteiger partial charge in [-0.05, 0) is 69.9 Å². The van der Waals surface area contributed by atoms with Gasteiger partial charge < -0.3 is 18.9 Å². The summed E-state index contributed by atoms with van der Waals surface area (Å²) in [5.41, 5.74) is 2.76. The van der Waals surface area contributed by atoms with E-state index < -0.39 is 0 Å². The molecule has 0 aromatic heterocycles. The Morgan fingerprint density at radius 2 is 1.63 bits per heavy atom. The first-order valence-electron chi connectivity index (χ1n) is 9.54. The third-order valence-electron chi connectivity index (χ3n) is 5.52. The average molecular weight is 367 g/mol. The van der Waals surface area contributed by atoms with E-state index in [-0.39, 0.29) is 18.3 Å². The molecule has 1 aliphatic heterocycles. The van der Waals surface area contributed by atoms with Crippen molar-refractivity contribution in [1.29, 1.82) is 0 Å². The van der Waals surface area contributed by atoms with Crippen molar-refractivity contribution in [3.63, 3.8) is 0 Å². The first kappa shape index (κ1) is 19.8. The monoisotopic (exact) mass is 367 g/mol. The SMILES string of the molecule is Cc1cccc(N(C)CCOc2cccc(B3OC(C)(C)C(C)(C)O3)c2)c1. The summed E-state index contributed by atoms with van der Waals surface area (Å²) in [6.45, 7) is 11.8. The molecule has 3 rings (SSSR count). The quantitative estimate of drug-likeness (QED) is 0.727. The van der Waals surface area contributed by atoms with E-state index in [2.05, 4.69) is 70.8 Å². The molecule has 2 aromatic rings. The molecule has 0 radical (unpaired) electrons. The van der Waals surface area contributed by atoms with Crippen LogP contribution >= 0.6 is 0 Å². The molecule has 1 saturated heterocycles. The number of hydrogen-bond donors (Lipinski definition) is 0. The summed E-state index contributed by atoms with van der Waals surface area (Å²) in [5.74, 6) is 0.833. The van der Waals surface area contributed by atoms with Gasteiger partial charge in [0.25, 0.3) is 0 Å². The molecule has 1 heterocycles. The van der Waals surface area contributed by atoms with Crippen LogP contribution in [0.3, 0.4) is 0 Å². The number of hydrogen-bond acceptors (Lipinski definition) is 4. The van der Waals surface area contributed by atoms with Gasteiger partial charge in [0.2, 0.25) is 0 Å². The van der Waals surface area contributed by atoms with Crippen molar-refractivity contribution < 1.29 is 14.0 Å². The molecule has 27 heavy (non-hydrogen) atoms. The molecule has 144 valence electrons. The maximum Gasteiger partial charge on any atom is 0.494 e. The van der Waals surface area contributed by atoms with Gasteiger partial charge in [-0.15, -0.1) is 0 Å². The average Bonchev–Trinajstić information content (AvgIpc) is 2.83. The highest BCUT2D eigenvalue weighted by molar-refractivity contribution is 6.62. The van der Waals surface area contributed by atoms with Crippen molar-refractivity contribution in [2.45, 2.75) is 45.8 Å². The summed E-state index contributed by atoms with van der Waals surface area (Å²) in [6, 6.07) is 16.5. The van der Waals surface area contributed by atoms with Gasteiger partial charge in [0.15, 0.2) is 0 Å². The minimum Gasteiger partial charge on any atom is -0.492 e. The van der Waals surface area contributed by atoms with Crippen LogP contribution in [-0.2, 0) is 9.31 Å². The zero-order chi connectivity index (χ0) is 19.7. The van der Waals surface area contributed by atoms with Gasteiger partial charge in [0.1, 0.15) is 12.4 Å². The maximum atomic E-state index is 6.13. The summed E-state index contributed by atoms with van der Waals surface area (Å²) < 4.78 is 18.2. The number of ether oxygens (including phenoxy) is 1. The largest absolute Gasteiger partial charge is 0.494 e. The molecule has 4 nitrogen and oxygen atoms in total. The Morgan fingerprint density at radius 3 is 2.30 bits per heavy atom. The zero-order valence-electron chi connectivity index (χ0n) is 17.3. The van der Waals surface area contributed by atoms with Crippen LogP contribution < -0.4 is 15.1 Å². The molecular formula is C22H30BNO3. The molecule has 0 atom stereocenters. The topological polar surface area (TPSA) is 30.9 Å². The van der Waals surface area contributed by atoms with Crippen molar-refractivity contribution >= 4 is 18.3 Å². The molecule has 0 unspecified atom stereocenters. The summed E-state index contributed by atoms with van der Waals surface area (Å²) >= 11 is 0. The summed E-state index contributed by atoms with van der Waals surface area (Å²) in [6.07, 6.45) is 0. The number of rotatable bonds is 6. The van der Waals surface area contributed by atoms with Gasteiger partial charge in [-0.3, -0.25) is 0 Å². The number of anilines is 1. The van der Waals surface area contributed by atoms with Gasteiger partial charge in [-0.25, -0.2) is 0 Å². The molecule has 0 amide bonds. The highest BCUT2D eigenvalue weighted by atomic mass is 16.7. The lowest BCUT2D eigenvalue weighted by molar-refractivity contribution is 0.00578. The van der Waals surface area contributed by atoms with Crippen molar-refractivity contribution in [3.8, 4) is 5.75 Å². The molecule has 0 saturated carbocycles. The minimum absolute atomic E-state index is 0.342. The van der Waals surface area contributed by atoms with Crippen molar-refractivity contribution in [2.24, 2.45) is 0 Å². The van der Waals surface area contributed by atoms with Gasteiger partial charge >= 0.3 is 7.12 Å². The lowest BCUT2D eigenvalue weighted by Crippen LogP contribution is -2.41. The van der Waals surface area contributed by atoms with Gasteiger partial charge in [-0.2, -0.15) is 0 Å². The predicted octanol–water partition coefficient (Wildman–Crippen LogP) is 3.81. The normalized spacial score (nSPS) is 17.8. The van der Waals surface area contributed by atoms with Crippen molar-refractivity contribution in [3.05, 3.63) is 54.1 Å². The van der Waals surface area contributed by atoms with Crippen molar-refractivity contribution in [2.75, 3.05) is 25.1 Å². The van der Waals surface area contributed by atoms with E-state index in [9.17, 15) is 0 Å². The zero-order valence-corrected chi connectivity index (χ0v) is 17.3. The molecule has 0 aliphatic carbocycles. The van der Waals surface area contributed by atoms with Crippen LogP contribution in [0, 0.1) is 6.92 Å². The second kappa shape index (κ2) is 7.57. The van der Waals surface area contributed by atoms with Crippen LogP contribution in [0.5, 0.6) is 5.75 Å². The van der Waals surface area contributed by atoms with Crippen molar-refractivity contribution in [1.82, 2.24) is 0 Å². The highest BCUT2D eigenvalue weighted by Gasteiger charge is 2.51. The first-order chi connectivity index (χ1) is 12.7. The second-order valence-corrected chi connectivity index (χ2v) is 8.27. The van der Waals surface area contributed by atoms with E-state index >= 15 is 0 Å². The van der Waals surface area contributed by atoms with Crippen LogP contribution in [0.15, 0.2) is 48.5 Å². The van der Waals surface area contributed by atoms with E-state index in [0.29, 0.717) is 6.61 Å². The predicted molar refractivity (Wildman–Crippen MR) is 112 cm³/mol. The Kier molecular flexibility index (Phi) is 5.54. The van der Waals surface area contributed by atoms with Crippen LogP contribution in [0.25, 0.3) is 0 Å². The van der Waals surface area contributed by atoms with Crippen LogP contribution in [0.1, 0.15) is 33.3 Å². The number of likely N-dealkylation sites (N-methyl/N-ethyl adjacent to an activating group) is 1. The first-order valence-corrected chi connectivity index (χ1v) is 9.54. The molecule has 0 N–H and O–H groups in total. The second-order valence-electron chi connectivity index (χ2n) is 8.27. The molecule has 0 spiro atoms. The van der Waals surface area contributed by atoms with E-state index in [1.165, 1.54) is 11.3 Å². The fourth-order valence-electron chi connectivity index (χ4n) is 3.03. The Hall–Kier alpha value is -1.98. The minimum atomic E-state index is -0.367. The lowest BCUT2D eigenvalue weighted by Gasteiger charge is -2.32. The van der Waals surface area contributed by atoms with Crippen LogP contribution in [0.2, 0.25) is 0 Å². The highest BCUT2D eigenvalue weighted by Crippen LogP contribution is 2.36. The maximum absolute atomic E-state index is 6.13. The molecule has 2 aromatic carbocycles. The fourth-order valence-corrected chi connectivity index (χ4v) is 3.03. The smallest absolute Gasteiger partial charge is 0.492 e. The van der Waals surface area contributed by atoms with E-state index in [1.807, 2.05) is 24.3 Å². The third kappa shape index (κ3) is 4.48. The summed E-state index contributed by atoms with van der Waals surface area (Å²) in [5, 5.41) is 0. The van der Waals surface area contributed by atoms with Gasteiger partial charge in [-0.1, -0.05) is 24.3 Å². The molecule has 1 aliphatic rings. The fraction of sp³-hybridized carbons (Fsp3) is 0.455. The van der Waals surface area contributed by atoms with Gasteiger partial charge in [0, 0.05) is 12.7 Å². The molecule has 5 heteroatoms. The van der Waals surface area contributed by atoms with E-state index in [4.69, 9.17) is 14.0 Å². The van der Waals surface area contributed by atoms with Gasteiger partial charge in [0.05, 0.1) is 17.7 Å². The summed E-state index contributed by atoms with van der Waals surface area (Å²) in [4.78, 5) is 2.20. The molecular weight excluding hydrogens is 337 g/mol. The number of benzene rings is 2. The Bertz CT molecular complexity index is 775. The Morgan fingerprint density at radius 1 is 0.963 bits per heavy atom. The van der Waals surface area contributed by atoms with Crippen LogP contribution in [-0.4, -0.2) is 38.5 Å². The molecule has 0 bridgehead atoms. The van der Waals surface area contributed by atoms with Crippen LogP contribution in [0.4, 0.5) is 5.69 Å². The standard InChI is InChI=1S/C22H30BNO3/c1-17-9-7-11-19(15-17)24(6)13-14-25-20-12-8-10-18(16-20)23-26-21(2,3)22(4,5)27-23/h7-12,15-16H,13-14H2,1-6H3. The Labute approximate surface area is 163 Å². The number of aryl methyl sites for hydroxylation is 1. The molecule has 1 fully saturated rings. The third-order valence-corrected chi connectivity index (χ3v) is 5.52. The number of nitrogens with zero attached hydrogens (tertiary/aromatic N) is 1. The van der Waals surface area contributed by atoms with E-state index in [0.717, 1.165) is 17.8 Å². The summed E-state index contributed by atoms with van der Waals surface area (Å²) in [7, 11) is 1.72.